The van der Waals surface area contributed by atoms with Gasteiger partial charge in [0.05, 0.1) is 17.4 Å². The molecular weight excluding hydrogens is 231 g/mol. The van der Waals surface area contributed by atoms with Gasteiger partial charge in [0.25, 0.3) is 0 Å². The van der Waals surface area contributed by atoms with Gasteiger partial charge in [-0.2, -0.15) is 13.2 Å². The molecule has 0 aliphatic heterocycles. The fraction of sp³-hybridized carbons (Fsp3) is 0.364. The fourth-order valence-corrected chi connectivity index (χ4v) is 2.15. The number of benzene rings is 1. The van der Waals surface area contributed by atoms with E-state index in [2.05, 4.69) is 4.98 Å². The molecule has 0 unspecified atom stereocenters. The second-order valence-electron chi connectivity index (χ2n) is 4.39. The molecule has 2 aromatic rings. The highest BCUT2D eigenvalue weighted by atomic mass is 19.4. The van der Waals surface area contributed by atoms with E-state index in [0.29, 0.717) is 16.7 Å². The van der Waals surface area contributed by atoms with Crippen molar-refractivity contribution in [2.75, 3.05) is 5.73 Å². The van der Waals surface area contributed by atoms with Crippen LogP contribution in [0, 0.1) is 0 Å². The lowest BCUT2D eigenvalue weighted by Crippen LogP contribution is -2.34. The van der Waals surface area contributed by atoms with Crippen molar-refractivity contribution in [3.8, 4) is 0 Å². The number of aromatic nitrogens is 2. The third-order valence-electron chi connectivity index (χ3n) is 3.28. The molecule has 3 nitrogen and oxygen atoms in total. The Kier molecular flexibility index (Phi) is 1.80. The zero-order chi connectivity index (χ0) is 12.3. The number of anilines is 1. The summed E-state index contributed by atoms with van der Waals surface area (Å²) in [6, 6.07) is 4.76. The topological polar surface area (TPSA) is 43.8 Å². The van der Waals surface area contributed by atoms with Crippen molar-refractivity contribution in [3.05, 3.63) is 24.5 Å². The van der Waals surface area contributed by atoms with Crippen molar-refractivity contribution in [2.24, 2.45) is 0 Å². The molecule has 1 fully saturated rings. The van der Waals surface area contributed by atoms with Crippen LogP contribution < -0.4 is 5.73 Å². The van der Waals surface area contributed by atoms with Crippen molar-refractivity contribution in [1.29, 1.82) is 0 Å². The summed E-state index contributed by atoms with van der Waals surface area (Å²) in [4.78, 5) is 3.98. The molecule has 6 heteroatoms. The lowest BCUT2D eigenvalue weighted by atomic mass is 10.2. The monoisotopic (exact) mass is 241 g/mol. The molecule has 1 saturated carbocycles. The molecule has 17 heavy (non-hydrogen) atoms. The Morgan fingerprint density at radius 2 is 2.00 bits per heavy atom. The first-order chi connectivity index (χ1) is 7.94. The molecule has 0 bridgehead atoms. The average Bonchev–Trinajstić information content (AvgIpc) is 2.94. The van der Waals surface area contributed by atoms with Gasteiger partial charge in [0.2, 0.25) is 0 Å². The van der Waals surface area contributed by atoms with E-state index in [9.17, 15) is 13.2 Å². The summed E-state index contributed by atoms with van der Waals surface area (Å²) in [5.74, 6) is 0. The van der Waals surface area contributed by atoms with Gasteiger partial charge in [0, 0.05) is 5.69 Å². The Morgan fingerprint density at radius 1 is 1.29 bits per heavy atom. The molecule has 2 N–H and O–H groups in total. The number of nitrogens with two attached hydrogens (primary N) is 1. The van der Waals surface area contributed by atoms with Crippen LogP contribution in [-0.4, -0.2) is 15.7 Å². The van der Waals surface area contributed by atoms with Gasteiger partial charge in [-0.15, -0.1) is 0 Å². The van der Waals surface area contributed by atoms with Crippen LogP contribution in [0.3, 0.4) is 0 Å². The first-order valence-electron chi connectivity index (χ1n) is 5.24. The molecule has 1 aliphatic rings. The number of nitrogens with zero attached hydrogens (tertiary/aromatic N) is 2. The van der Waals surface area contributed by atoms with Crippen LogP contribution in [0.1, 0.15) is 12.8 Å². The molecule has 3 rings (SSSR count). The summed E-state index contributed by atoms with van der Waals surface area (Å²) in [5, 5.41) is 0. The molecule has 0 amide bonds. The van der Waals surface area contributed by atoms with Crippen LogP contribution in [0.15, 0.2) is 24.5 Å². The van der Waals surface area contributed by atoms with Crippen LogP contribution in [0.25, 0.3) is 11.0 Å². The van der Waals surface area contributed by atoms with Gasteiger partial charge in [0.1, 0.15) is 5.54 Å². The van der Waals surface area contributed by atoms with E-state index in [1.165, 1.54) is 10.9 Å². The third-order valence-corrected chi connectivity index (χ3v) is 3.28. The molecule has 1 aromatic heterocycles. The largest absolute Gasteiger partial charge is 0.411 e. The van der Waals surface area contributed by atoms with Gasteiger partial charge in [0.15, 0.2) is 0 Å². The summed E-state index contributed by atoms with van der Waals surface area (Å²) < 4.78 is 40.2. The van der Waals surface area contributed by atoms with Gasteiger partial charge < -0.3 is 10.3 Å². The van der Waals surface area contributed by atoms with Gasteiger partial charge in [-0.25, -0.2) is 4.98 Å². The number of alkyl halides is 3. The molecule has 0 spiro atoms. The Balaban J connectivity index is 2.20. The fourth-order valence-electron chi connectivity index (χ4n) is 2.15. The van der Waals surface area contributed by atoms with E-state index < -0.39 is 11.7 Å². The Morgan fingerprint density at radius 3 is 2.59 bits per heavy atom. The van der Waals surface area contributed by atoms with Crippen LogP contribution in [-0.2, 0) is 5.54 Å². The van der Waals surface area contributed by atoms with E-state index in [0.717, 1.165) is 0 Å². The molecule has 1 heterocycles. The van der Waals surface area contributed by atoms with Gasteiger partial charge in [-0.3, -0.25) is 0 Å². The van der Waals surface area contributed by atoms with E-state index in [1.54, 1.807) is 18.2 Å². The summed E-state index contributed by atoms with van der Waals surface area (Å²) >= 11 is 0. The van der Waals surface area contributed by atoms with Crippen LogP contribution in [0.4, 0.5) is 18.9 Å². The first-order valence-corrected chi connectivity index (χ1v) is 5.24. The van der Waals surface area contributed by atoms with Gasteiger partial charge in [-0.05, 0) is 31.0 Å². The maximum atomic E-state index is 13.0. The highest BCUT2D eigenvalue weighted by Gasteiger charge is 2.65. The highest BCUT2D eigenvalue weighted by Crippen LogP contribution is 2.56. The summed E-state index contributed by atoms with van der Waals surface area (Å²) in [5.41, 5.74) is 5.30. The number of rotatable bonds is 1. The predicted octanol–water partition coefficient (Wildman–Crippen LogP) is 2.67. The van der Waals surface area contributed by atoms with Gasteiger partial charge >= 0.3 is 6.18 Å². The number of hydrogen-bond acceptors (Lipinski definition) is 2. The first kappa shape index (κ1) is 10.4. The maximum absolute atomic E-state index is 13.0. The molecule has 90 valence electrons. The number of fused-ring (bicyclic) bond motifs is 1. The number of imidazole rings is 1. The second-order valence-corrected chi connectivity index (χ2v) is 4.39. The minimum atomic E-state index is -4.23. The molecule has 0 saturated heterocycles. The number of halogens is 3. The standard InChI is InChI=1S/C11H10F3N3/c12-11(13,14)10(3-4-10)17-6-16-8-5-7(15)1-2-9(8)17/h1-2,5-6H,3-4,15H2. The van der Waals surface area contributed by atoms with Gasteiger partial charge in [-0.1, -0.05) is 0 Å². The average molecular weight is 241 g/mol. The second kappa shape index (κ2) is 2.94. The van der Waals surface area contributed by atoms with Crippen molar-refractivity contribution in [3.63, 3.8) is 0 Å². The summed E-state index contributed by atoms with van der Waals surface area (Å²) in [7, 11) is 0. The Hall–Kier alpha value is -1.72. The quantitative estimate of drug-likeness (QED) is 0.780. The van der Waals surface area contributed by atoms with Crippen LogP contribution in [0.5, 0.6) is 0 Å². The molecule has 0 atom stereocenters. The molecule has 1 aromatic carbocycles. The van der Waals surface area contributed by atoms with E-state index in [1.807, 2.05) is 0 Å². The maximum Gasteiger partial charge on any atom is 0.411 e. The lowest BCUT2D eigenvalue weighted by Gasteiger charge is -2.21. The van der Waals surface area contributed by atoms with Crippen molar-refractivity contribution < 1.29 is 13.2 Å². The van der Waals surface area contributed by atoms with E-state index >= 15 is 0 Å². The van der Waals surface area contributed by atoms with Crippen molar-refractivity contribution in [1.82, 2.24) is 9.55 Å². The third kappa shape index (κ3) is 1.33. The minimum absolute atomic E-state index is 0.117. The number of nitrogen functional groups attached to an aromatic ring is 1. The van der Waals surface area contributed by atoms with Crippen molar-refractivity contribution >= 4 is 16.7 Å². The van der Waals surface area contributed by atoms with Crippen LogP contribution >= 0.6 is 0 Å². The van der Waals surface area contributed by atoms with E-state index in [4.69, 9.17) is 5.73 Å². The SMILES string of the molecule is Nc1ccc2c(c1)ncn2C1(C(F)(F)F)CC1. The molecule has 1 aliphatic carbocycles. The zero-order valence-corrected chi connectivity index (χ0v) is 8.83. The molecule has 0 radical (unpaired) electrons. The smallest absolute Gasteiger partial charge is 0.399 e. The highest BCUT2D eigenvalue weighted by molar-refractivity contribution is 5.79. The Labute approximate surface area is 95.0 Å². The summed E-state index contributed by atoms with van der Waals surface area (Å²) in [6.07, 6.45) is -2.74. The Bertz CT molecular complexity index is 581. The van der Waals surface area contributed by atoms with Crippen molar-refractivity contribution in [2.45, 2.75) is 24.6 Å². The zero-order valence-electron chi connectivity index (χ0n) is 8.83. The summed E-state index contributed by atoms with van der Waals surface area (Å²) in [6.45, 7) is 0. The van der Waals surface area contributed by atoms with E-state index in [-0.39, 0.29) is 12.8 Å². The predicted molar refractivity (Wildman–Crippen MR) is 57.4 cm³/mol. The lowest BCUT2D eigenvalue weighted by molar-refractivity contribution is -0.178. The minimum Gasteiger partial charge on any atom is -0.399 e. The van der Waals surface area contributed by atoms with Crippen LogP contribution in [0.2, 0.25) is 0 Å². The number of hydrogen-bond donors (Lipinski definition) is 1. The molecular formula is C11H10F3N3. The normalized spacial score (nSPS) is 18.5.